The lowest BCUT2D eigenvalue weighted by molar-refractivity contribution is 0.00695. The molecule has 1 aromatic carbocycles. The molecule has 0 saturated heterocycles. The third kappa shape index (κ3) is 2.46. The molecule has 0 saturated carbocycles. The van der Waals surface area contributed by atoms with Crippen LogP contribution in [0.3, 0.4) is 0 Å². The first-order valence-electron chi connectivity index (χ1n) is 5.40. The first-order valence-corrected chi connectivity index (χ1v) is 5.40. The number of cyclic esters (lactones) is 1. The Morgan fingerprint density at radius 2 is 2.06 bits per heavy atom. The van der Waals surface area contributed by atoms with Crippen molar-refractivity contribution in [1.29, 1.82) is 0 Å². The summed E-state index contributed by atoms with van der Waals surface area (Å²) in [7, 11) is 0. The molecule has 1 heterocycles. The average Bonchev–Trinajstić information content (AvgIpc) is 2.57. The van der Waals surface area contributed by atoms with Gasteiger partial charge in [-0.1, -0.05) is 6.07 Å². The van der Waals surface area contributed by atoms with E-state index in [-0.39, 0.29) is 12.6 Å². The highest BCUT2D eigenvalue weighted by Gasteiger charge is 2.24. The van der Waals surface area contributed by atoms with E-state index in [0.29, 0.717) is 11.1 Å². The van der Waals surface area contributed by atoms with Crippen molar-refractivity contribution in [2.45, 2.75) is 33.0 Å². The zero-order valence-electron chi connectivity index (χ0n) is 10.1. The summed E-state index contributed by atoms with van der Waals surface area (Å²) in [4.78, 5) is 23.1. The topological polar surface area (TPSA) is 52.6 Å². The SMILES string of the molecule is CC(C)(C)OC(=O)c1ccc2c(c1)C(=O)OC2. The van der Waals surface area contributed by atoms with Gasteiger partial charge in [0.15, 0.2) is 0 Å². The molecular formula is C13H14O4. The van der Waals surface area contributed by atoms with Crippen molar-refractivity contribution >= 4 is 11.9 Å². The molecule has 4 nitrogen and oxygen atoms in total. The Labute approximate surface area is 99.5 Å². The van der Waals surface area contributed by atoms with Crippen LogP contribution in [0.2, 0.25) is 0 Å². The number of esters is 2. The number of rotatable bonds is 1. The summed E-state index contributed by atoms with van der Waals surface area (Å²) in [5, 5.41) is 0. The maximum absolute atomic E-state index is 11.8. The molecule has 1 aliphatic rings. The van der Waals surface area contributed by atoms with E-state index in [9.17, 15) is 9.59 Å². The molecule has 0 fully saturated rings. The highest BCUT2D eigenvalue weighted by Crippen LogP contribution is 2.22. The lowest BCUT2D eigenvalue weighted by Crippen LogP contribution is -2.24. The van der Waals surface area contributed by atoms with Crippen LogP contribution in [0.5, 0.6) is 0 Å². The molecule has 1 aliphatic heterocycles. The minimum Gasteiger partial charge on any atom is -0.457 e. The second-order valence-electron chi connectivity index (χ2n) is 4.95. The van der Waals surface area contributed by atoms with Gasteiger partial charge < -0.3 is 9.47 Å². The molecule has 0 aromatic heterocycles. The van der Waals surface area contributed by atoms with Crippen LogP contribution in [0.1, 0.15) is 47.1 Å². The van der Waals surface area contributed by atoms with Crippen molar-refractivity contribution < 1.29 is 19.1 Å². The maximum Gasteiger partial charge on any atom is 0.338 e. The number of hydrogen-bond acceptors (Lipinski definition) is 4. The Hall–Kier alpha value is -1.84. The Kier molecular flexibility index (Phi) is 2.65. The lowest BCUT2D eigenvalue weighted by atomic mass is 10.1. The second-order valence-corrected chi connectivity index (χ2v) is 4.95. The number of fused-ring (bicyclic) bond motifs is 1. The predicted molar refractivity (Wildman–Crippen MR) is 60.7 cm³/mol. The normalized spacial score (nSPS) is 14.2. The molecule has 17 heavy (non-hydrogen) atoms. The van der Waals surface area contributed by atoms with E-state index in [4.69, 9.17) is 9.47 Å². The van der Waals surface area contributed by atoms with Gasteiger partial charge in [0.25, 0.3) is 0 Å². The summed E-state index contributed by atoms with van der Waals surface area (Å²) in [5.74, 6) is -0.814. The van der Waals surface area contributed by atoms with E-state index in [1.807, 2.05) is 0 Å². The predicted octanol–water partition coefficient (Wildman–Crippen LogP) is 2.31. The molecule has 2 rings (SSSR count). The van der Waals surface area contributed by atoms with Crippen LogP contribution < -0.4 is 0 Å². The molecule has 4 heteroatoms. The highest BCUT2D eigenvalue weighted by molar-refractivity contribution is 5.97. The van der Waals surface area contributed by atoms with Crippen molar-refractivity contribution in [3.05, 3.63) is 34.9 Å². The fraction of sp³-hybridized carbons (Fsp3) is 0.385. The van der Waals surface area contributed by atoms with Gasteiger partial charge >= 0.3 is 11.9 Å². The zero-order valence-corrected chi connectivity index (χ0v) is 10.1. The van der Waals surface area contributed by atoms with Gasteiger partial charge in [-0.15, -0.1) is 0 Å². The van der Waals surface area contributed by atoms with Crippen molar-refractivity contribution in [3.63, 3.8) is 0 Å². The first kappa shape index (κ1) is 11.6. The number of hydrogen-bond donors (Lipinski definition) is 0. The van der Waals surface area contributed by atoms with Crippen LogP contribution in [0.15, 0.2) is 18.2 Å². The summed E-state index contributed by atoms with van der Waals surface area (Å²) in [6.45, 7) is 5.67. The molecule has 0 atom stereocenters. The van der Waals surface area contributed by atoms with E-state index in [1.165, 1.54) is 6.07 Å². The molecular weight excluding hydrogens is 220 g/mol. The number of carbonyl (C=O) groups is 2. The zero-order chi connectivity index (χ0) is 12.6. The minimum atomic E-state index is -0.545. The van der Waals surface area contributed by atoms with E-state index >= 15 is 0 Å². The number of benzene rings is 1. The largest absolute Gasteiger partial charge is 0.457 e. The Bertz CT molecular complexity index is 483. The molecule has 90 valence electrons. The van der Waals surface area contributed by atoms with E-state index < -0.39 is 11.6 Å². The van der Waals surface area contributed by atoms with Crippen molar-refractivity contribution in [3.8, 4) is 0 Å². The van der Waals surface area contributed by atoms with Gasteiger partial charge in [-0.05, 0) is 32.9 Å². The van der Waals surface area contributed by atoms with Crippen molar-refractivity contribution in [2.75, 3.05) is 0 Å². The molecule has 1 aromatic rings. The Morgan fingerprint density at radius 3 is 2.71 bits per heavy atom. The summed E-state index contributed by atoms with van der Waals surface area (Å²) >= 11 is 0. The molecule has 0 N–H and O–H groups in total. The molecule has 0 unspecified atom stereocenters. The van der Waals surface area contributed by atoms with Crippen molar-refractivity contribution in [1.82, 2.24) is 0 Å². The standard InChI is InChI=1S/C13H14O4/c1-13(2,3)17-11(14)8-4-5-9-7-16-12(15)10(9)6-8/h4-6H,7H2,1-3H3. The van der Waals surface area contributed by atoms with Crippen LogP contribution in [0, 0.1) is 0 Å². The highest BCUT2D eigenvalue weighted by atomic mass is 16.6. The fourth-order valence-electron chi connectivity index (χ4n) is 1.58. The molecule has 0 spiro atoms. The smallest absolute Gasteiger partial charge is 0.338 e. The summed E-state index contributed by atoms with van der Waals surface area (Å²) < 4.78 is 10.1. The van der Waals surface area contributed by atoms with Gasteiger partial charge in [0.2, 0.25) is 0 Å². The minimum absolute atomic E-state index is 0.281. The third-order valence-corrected chi connectivity index (χ3v) is 2.32. The van der Waals surface area contributed by atoms with Gasteiger partial charge in [-0.3, -0.25) is 0 Å². The fourth-order valence-corrected chi connectivity index (χ4v) is 1.58. The van der Waals surface area contributed by atoms with Gasteiger partial charge in [-0.25, -0.2) is 9.59 Å². The summed E-state index contributed by atoms with van der Waals surface area (Å²) in [6.07, 6.45) is 0. The van der Waals surface area contributed by atoms with Gasteiger partial charge in [0.1, 0.15) is 12.2 Å². The van der Waals surface area contributed by atoms with Crippen LogP contribution in [0.25, 0.3) is 0 Å². The Morgan fingerprint density at radius 1 is 1.35 bits per heavy atom. The van der Waals surface area contributed by atoms with E-state index in [0.717, 1.165) is 5.56 Å². The van der Waals surface area contributed by atoms with Crippen LogP contribution >= 0.6 is 0 Å². The summed E-state index contributed by atoms with van der Waals surface area (Å²) in [5.41, 5.74) is 1.09. The summed E-state index contributed by atoms with van der Waals surface area (Å²) in [6, 6.07) is 4.90. The van der Waals surface area contributed by atoms with E-state index in [1.54, 1.807) is 32.9 Å². The molecule has 0 amide bonds. The number of carbonyl (C=O) groups excluding carboxylic acids is 2. The van der Waals surface area contributed by atoms with Gasteiger partial charge in [0, 0.05) is 5.56 Å². The third-order valence-electron chi connectivity index (χ3n) is 2.32. The second kappa shape index (κ2) is 3.87. The van der Waals surface area contributed by atoms with Crippen LogP contribution in [-0.4, -0.2) is 17.5 Å². The maximum atomic E-state index is 11.8. The van der Waals surface area contributed by atoms with Gasteiger partial charge in [0.05, 0.1) is 11.1 Å². The molecule has 0 aliphatic carbocycles. The first-order chi connectivity index (χ1) is 7.87. The van der Waals surface area contributed by atoms with Crippen LogP contribution in [0.4, 0.5) is 0 Å². The number of ether oxygens (including phenoxy) is 2. The molecule has 0 bridgehead atoms. The van der Waals surface area contributed by atoms with Crippen molar-refractivity contribution in [2.24, 2.45) is 0 Å². The Balaban J connectivity index is 2.26. The lowest BCUT2D eigenvalue weighted by Gasteiger charge is -2.19. The quantitative estimate of drug-likeness (QED) is 0.700. The van der Waals surface area contributed by atoms with Gasteiger partial charge in [-0.2, -0.15) is 0 Å². The van der Waals surface area contributed by atoms with E-state index in [2.05, 4.69) is 0 Å². The average molecular weight is 234 g/mol. The monoisotopic (exact) mass is 234 g/mol. The van der Waals surface area contributed by atoms with Crippen LogP contribution in [-0.2, 0) is 16.1 Å². The molecule has 0 radical (unpaired) electrons.